The molecule has 6 heteroatoms. The zero-order chi connectivity index (χ0) is 23.5. The van der Waals surface area contributed by atoms with E-state index < -0.39 is 5.67 Å². The van der Waals surface area contributed by atoms with Crippen LogP contribution in [0.15, 0.2) is 66.3 Å². The molecule has 0 unspecified atom stereocenters. The Balaban J connectivity index is 1.75. The van der Waals surface area contributed by atoms with Crippen LogP contribution < -0.4 is 5.32 Å². The van der Waals surface area contributed by atoms with Crippen molar-refractivity contribution in [2.75, 3.05) is 0 Å². The van der Waals surface area contributed by atoms with Crippen LogP contribution in [0.2, 0.25) is 0 Å². The third kappa shape index (κ3) is 5.31. The highest BCUT2D eigenvalue weighted by molar-refractivity contribution is 5.77. The molecule has 0 amide bonds. The average Bonchev–Trinajstić information content (AvgIpc) is 3.11. The molecular weight excluding hydrogens is 406 g/mol. The third-order valence-electron chi connectivity index (χ3n) is 5.43. The number of H-pyrrole nitrogens is 1. The minimum absolute atomic E-state index is 0.305. The molecule has 1 aromatic carbocycles. The highest BCUT2D eigenvalue weighted by Gasteiger charge is 2.20. The second kappa shape index (κ2) is 9.47. The van der Waals surface area contributed by atoms with Crippen LogP contribution in [-0.2, 0) is 6.42 Å². The van der Waals surface area contributed by atoms with Gasteiger partial charge in [0.1, 0.15) is 17.0 Å². The summed E-state index contributed by atoms with van der Waals surface area (Å²) in [4.78, 5) is 12.0. The monoisotopic (exact) mass is 436 g/mol. The van der Waals surface area contributed by atoms with Crippen LogP contribution in [-0.4, -0.2) is 20.6 Å². The number of aryl methyl sites for hydroxylation is 1. The number of aromatic nitrogens is 3. The van der Waals surface area contributed by atoms with Crippen LogP contribution in [0.25, 0.3) is 22.4 Å². The summed E-state index contributed by atoms with van der Waals surface area (Å²) in [5.74, 6) is -0.338. The molecule has 32 heavy (non-hydrogen) atoms. The molecule has 3 aromatic rings. The maximum absolute atomic E-state index is 14.9. The van der Waals surface area contributed by atoms with Gasteiger partial charge in [-0.1, -0.05) is 31.7 Å². The van der Waals surface area contributed by atoms with E-state index in [0.29, 0.717) is 46.6 Å². The van der Waals surface area contributed by atoms with Crippen molar-refractivity contribution < 1.29 is 8.78 Å². The zero-order valence-electron chi connectivity index (χ0n) is 19.3. The van der Waals surface area contributed by atoms with Gasteiger partial charge in [0.15, 0.2) is 5.65 Å². The summed E-state index contributed by atoms with van der Waals surface area (Å²) < 4.78 is 29.2. The standard InChI is InChI=1S/C26H30F2N4/c1-7-20(26(5,6)28)13-21(8-2)31-17(4)11-18-9-10-19(12-22(18)27)23-15-30-25-24(32-23)16(3)14-29-25/h8-10,12-15,31H,4,7,11H2,1-3,5-6H3,(H,29,30)/b20-13+,21-8+. The molecule has 2 aromatic heterocycles. The Labute approximate surface area is 188 Å². The lowest BCUT2D eigenvalue weighted by molar-refractivity contribution is 0.262. The fourth-order valence-corrected chi connectivity index (χ4v) is 3.56. The fraction of sp³-hybridized carbons (Fsp3) is 0.308. The van der Waals surface area contributed by atoms with Gasteiger partial charge >= 0.3 is 0 Å². The summed E-state index contributed by atoms with van der Waals surface area (Å²) in [7, 11) is 0. The SMILES string of the molecule is C=C(Cc1ccc(-c2cnc3[nH]cc(C)c3n2)cc1F)NC(=C/C)/C=C(\CC)C(C)(C)F. The predicted molar refractivity (Wildman–Crippen MR) is 127 cm³/mol. The maximum Gasteiger partial charge on any atom is 0.156 e. The Kier molecular flexibility index (Phi) is 6.92. The lowest BCUT2D eigenvalue weighted by Gasteiger charge is -2.19. The summed E-state index contributed by atoms with van der Waals surface area (Å²) in [5.41, 5.74) is 4.90. The summed E-state index contributed by atoms with van der Waals surface area (Å²) in [6.07, 6.45) is 8.03. The number of allylic oxidation sites excluding steroid dienone is 4. The van der Waals surface area contributed by atoms with E-state index in [4.69, 9.17) is 0 Å². The van der Waals surface area contributed by atoms with Crippen molar-refractivity contribution in [2.45, 2.75) is 53.1 Å². The first-order chi connectivity index (χ1) is 15.1. The lowest BCUT2D eigenvalue weighted by Crippen LogP contribution is -2.18. The molecule has 0 atom stereocenters. The average molecular weight is 437 g/mol. The molecule has 0 aliphatic rings. The molecule has 0 bridgehead atoms. The highest BCUT2D eigenvalue weighted by atomic mass is 19.1. The topological polar surface area (TPSA) is 53.6 Å². The first kappa shape index (κ1) is 23.4. The van der Waals surface area contributed by atoms with Crippen LogP contribution in [0.3, 0.4) is 0 Å². The van der Waals surface area contributed by atoms with Crippen molar-refractivity contribution in [2.24, 2.45) is 0 Å². The Morgan fingerprint density at radius 1 is 1.31 bits per heavy atom. The van der Waals surface area contributed by atoms with Gasteiger partial charge in [0.2, 0.25) is 0 Å². The number of benzene rings is 1. The van der Waals surface area contributed by atoms with E-state index in [1.807, 2.05) is 39.1 Å². The number of alkyl halides is 1. The number of hydrogen-bond acceptors (Lipinski definition) is 3. The Morgan fingerprint density at radius 2 is 2.06 bits per heavy atom. The van der Waals surface area contributed by atoms with E-state index in [2.05, 4.69) is 26.8 Å². The normalized spacial score (nSPS) is 13.0. The Hall–Kier alpha value is -3.28. The van der Waals surface area contributed by atoms with Gasteiger partial charge in [-0.2, -0.15) is 0 Å². The molecule has 4 nitrogen and oxygen atoms in total. The van der Waals surface area contributed by atoms with E-state index >= 15 is 0 Å². The summed E-state index contributed by atoms with van der Waals surface area (Å²) in [6.45, 7) is 12.8. The molecule has 0 saturated carbocycles. The van der Waals surface area contributed by atoms with Crippen molar-refractivity contribution >= 4 is 11.2 Å². The second-order valence-electron chi connectivity index (χ2n) is 8.38. The molecule has 0 saturated heterocycles. The van der Waals surface area contributed by atoms with Crippen LogP contribution in [0, 0.1) is 12.7 Å². The van der Waals surface area contributed by atoms with Crippen molar-refractivity contribution in [3.8, 4) is 11.3 Å². The molecule has 2 heterocycles. The van der Waals surface area contributed by atoms with E-state index in [-0.39, 0.29) is 5.82 Å². The summed E-state index contributed by atoms with van der Waals surface area (Å²) in [6, 6.07) is 5.04. The van der Waals surface area contributed by atoms with Gasteiger partial charge in [-0.3, -0.25) is 0 Å². The largest absolute Gasteiger partial charge is 0.359 e. The van der Waals surface area contributed by atoms with Gasteiger partial charge in [-0.05, 0) is 63.0 Å². The second-order valence-corrected chi connectivity index (χ2v) is 8.38. The van der Waals surface area contributed by atoms with E-state index in [1.54, 1.807) is 32.2 Å². The first-order valence-corrected chi connectivity index (χ1v) is 10.7. The number of aromatic amines is 1. The number of halogens is 2. The number of fused-ring (bicyclic) bond motifs is 1. The molecule has 0 spiro atoms. The fourth-order valence-electron chi connectivity index (χ4n) is 3.56. The van der Waals surface area contributed by atoms with Crippen LogP contribution in [0.1, 0.15) is 45.2 Å². The molecule has 0 aliphatic heterocycles. The van der Waals surface area contributed by atoms with E-state index in [9.17, 15) is 8.78 Å². The molecule has 168 valence electrons. The van der Waals surface area contributed by atoms with Gasteiger partial charge in [0, 0.05) is 29.6 Å². The van der Waals surface area contributed by atoms with E-state index in [1.165, 1.54) is 6.07 Å². The van der Waals surface area contributed by atoms with Crippen molar-refractivity contribution in [3.63, 3.8) is 0 Å². The number of nitrogens with zero attached hydrogens (tertiary/aromatic N) is 2. The van der Waals surface area contributed by atoms with Gasteiger partial charge in [-0.25, -0.2) is 18.7 Å². The van der Waals surface area contributed by atoms with Crippen molar-refractivity contribution in [3.05, 3.63) is 83.2 Å². The number of nitrogens with one attached hydrogen (secondary N) is 2. The highest BCUT2D eigenvalue weighted by Crippen LogP contribution is 2.26. The summed E-state index contributed by atoms with van der Waals surface area (Å²) >= 11 is 0. The Bertz CT molecular complexity index is 1200. The molecule has 3 rings (SSSR count). The molecule has 0 radical (unpaired) electrons. The van der Waals surface area contributed by atoms with Crippen molar-refractivity contribution in [1.29, 1.82) is 0 Å². The quantitative estimate of drug-likeness (QED) is 0.386. The zero-order valence-corrected chi connectivity index (χ0v) is 19.3. The maximum atomic E-state index is 14.9. The summed E-state index contributed by atoms with van der Waals surface area (Å²) in [5, 5.41) is 3.18. The minimum atomic E-state index is -1.40. The third-order valence-corrected chi connectivity index (χ3v) is 5.43. The van der Waals surface area contributed by atoms with Crippen LogP contribution in [0.4, 0.5) is 8.78 Å². The molecule has 0 fully saturated rings. The lowest BCUT2D eigenvalue weighted by atomic mass is 9.96. The van der Waals surface area contributed by atoms with Crippen LogP contribution >= 0.6 is 0 Å². The minimum Gasteiger partial charge on any atom is -0.359 e. The Morgan fingerprint density at radius 3 is 2.69 bits per heavy atom. The van der Waals surface area contributed by atoms with Gasteiger partial charge in [-0.15, -0.1) is 0 Å². The van der Waals surface area contributed by atoms with Crippen LogP contribution in [0.5, 0.6) is 0 Å². The molecular formula is C26H30F2N4. The number of hydrogen-bond donors (Lipinski definition) is 2. The molecule has 0 aliphatic carbocycles. The van der Waals surface area contributed by atoms with Gasteiger partial charge in [0.05, 0.1) is 11.9 Å². The smallest absolute Gasteiger partial charge is 0.156 e. The van der Waals surface area contributed by atoms with Gasteiger partial charge in [0.25, 0.3) is 0 Å². The number of rotatable bonds is 8. The molecule has 2 N–H and O–H groups in total. The predicted octanol–water partition coefficient (Wildman–Crippen LogP) is 6.71. The first-order valence-electron chi connectivity index (χ1n) is 10.7. The van der Waals surface area contributed by atoms with Crippen molar-refractivity contribution in [1.82, 2.24) is 20.3 Å². The van der Waals surface area contributed by atoms with E-state index in [0.717, 1.165) is 16.8 Å². The van der Waals surface area contributed by atoms with Gasteiger partial charge < -0.3 is 10.3 Å².